The van der Waals surface area contributed by atoms with Crippen LogP contribution in [-0.4, -0.2) is 11.5 Å². The highest BCUT2D eigenvalue weighted by Gasteiger charge is 2.13. The van der Waals surface area contributed by atoms with Crippen molar-refractivity contribution < 1.29 is 4.79 Å². The molecule has 0 N–H and O–H groups in total. The van der Waals surface area contributed by atoms with Gasteiger partial charge in [0.2, 0.25) is 0 Å². The quantitative estimate of drug-likeness (QED) is 0.741. The average molecular weight is 250 g/mol. The third kappa shape index (κ3) is 4.55. The fourth-order valence-electron chi connectivity index (χ4n) is 1.37. The monoisotopic (exact) mass is 250 g/mol. The summed E-state index contributed by atoms with van der Waals surface area (Å²) >= 11 is 1.63. The summed E-state index contributed by atoms with van der Waals surface area (Å²) in [6, 6.07) is 8.53. The first kappa shape index (κ1) is 14.3. The zero-order chi connectivity index (χ0) is 13.1. The van der Waals surface area contributed by atoms with E-state index >= 15 is 0 Å². The predicted octanol–water partition coefficient (Wildman–Crippen LogP) is 4.30. The van der Waals surface area contributed by atoms with Crippen LogP contribution in [0.5, 0.6) is 0 Å². The Balaban J connectivity index is 2.61. The number of thioether (sulfide) groups is 1. The summed E-state index contributed by atoms with van der Waals surface area (Å²) < 4.78 is 0. The lowest BCUT2D eigenvalue weighted by Crippen LogP contribution is -2.11. The van der Waals surface area contributed by atoms with Crippen molar-refractivity contribution in [3.8, 4) is 0 Å². The molecule has 2 heteroatoms. The van der Waals surface area contributed by atoms with E-state index in [0.717, 1.165) is 0 Å². The Hall–Kier alpha value is -0.760. The Morgan fingerprint density at radius 3 is 2.12 bits per heavy atom. The molecule has 0 spiro atoms. The number of rotatable bonds is 4. The molecule has 0 atom stereocenters. The standard InChI is InChI=1S/C15H22OS/c1-11(2)14(16)10-17-13-8-6-12(7-9-13)15(3,4)5/h6-9,11H,10H2,1-5H3. The number of Topliss-reactive ketones (excluding diaryl/α,β-unsaturated/α-hetero) is 1. The van der Waals surface area contributed by atoms with Crippen LogP contribution in [0, 0.1) is 5.92 Å². The molecule has 0 aliphatic rings. The highest BCUT2D eigenvalue weighted by molar-refractivity contribution is 8.00. The van der Waals surface area contributed by atoms with Crippen molar-refractivity contribution >= 4 is 17.5 Å². The molecule has 0 heterocycles. The molecule has 94 valence electrons. The molecule has 1 nitrogen and oxygen atoms in total. The first-order valence-corrected chi connectivity index (χ1v) is 7.05. The second kappa shape index (κ2) is 5.72. The van der Waals surface area contributed by atoms with Crippen molar-refractivity contribution in [3.63, 3.8) is 0 Å². The Morgan fingerprint density at radius 2 is 1.71 bits per heavy atom. The summed E-state index contributed by atoms with van der Waals surface area (Å²) in [4.78, 5) is 12.7. The SMILES string of the molecule is CC(C)C(=O)CSc1ccc(C(C)(C)C)cc1. The second-order valence-corrected chi connectivity index (χ2v) is 6.73. The summed E-state index contributed by atoms with van der Waals surface area (Å²) in [6.07, 6.45) is 0. The summed E-state index contributed by atoms with van der Waals surface area (Å²) in [5, 5.41) is 0. The summed E-state index contributed by atoms with van der Waals surface area (Å²) in [6.45, 7) is 10.5. The van der Waals surface area contributed by atoms with Gasteiger partial charge in [-0.25, -0.2) is 0 Å². The van der Waals surface area contributed by atoms with Gasteiger partial charge in [-0.2, -0.15) is 0 Å². The largest absolute Gasteiger partial charge is 0.298 e. The van der Waals surface area contributed by atoms with Gasteiger partial charge in [0, 0.05) is 10.8 Å². The summed E-state index contributed by atoms with van der Waals surface area (Å²) in [7, 11) is 0. The first-order chi connectivity index (χ1) is 7.80. The van der Waals surface area contributed by atoms with Gasteiger partial charge in [0.25, 0.3) is 0 Å². The highest BCUT2D eigenvalue weighted by Crippen LogP contribution is 2.25. The summed E-state index contributed by atoms with van der Waals surface area (Å²) in [5.41, 5.74) is 1.52. The Morgan fingerprint density at radius 1 is 1.18 bits per heavy atom. The normalized spacial score (nSPS) is 11.9. The van der Waals surface area contributed by atoms with E-state index in [2.05, 4.69) is 45.0 Å². The van der Waals surface area contributed by atoms with Gasteiger partial charge in [-0.1, -0.05) is 46.8 Å². The predicted molar refractivity (Wildman–Crippen MR) is 75.7 cm³/mol. The number of benzene rings is 1. The topological polar surface area (TPSA) is 17.1 Å². The molecule has 17 heavy (non-hydrogen) atoms. The van der Waals surface area contributed by atoms with Crippen LogP contribution in [0.25, 0.3) is 0 Å². The molecule has 0 radical (unpaired) electrons. The minimum atomic E-state index is 0.136. The van der Waals surface area contributed by atoms with E-state index < -0.39 is 0 Å². The molecule has 0 unspecified atom stereocenters. The van der Waals surface area contributed by atoms with E-state index in [-0.39, 0.29) is 11.3 Å². The minimum Gasteiger partial charge on any atom is -0.298 e. The molecule has 0 saturated heterocycles. The highest BCUT2D eigenvalue weighted by atomic mass is 32.2. The van der Waals surface area contributed by atoms with Gasteiger partial charge >= 0.3 is 0 Å². The lowest BCUT2D eigenvalue weighted by atomic mass is 9.87. The van der Waals surface area contributed by atoms with Crippen LogP contribution in [0.2, 0.25) is 0 Å². The fraction of sp³-hybridized carbons (Fsp3) is 0.533. The van der Waals surface area contributed by atoms with Crippen LogP contribution in [0.1, 0.15) is 40.2 Å². The van der Waals surface area contributed by atoms with Gasteiger partial charge in [-0.15, -0.1) is 11.8 Å². The van der Waals surface area contributed by atoms with Crippen molar-refractivity contribution in [3.05, 3.63) is 29.8 Å². The van der Waals surface area contributed by atoms with Crippen molar-refractivity contribution in [1.29, 1.82) is 0 Å². The lowest BCUT2D eigenvalue weighted by Gasteiger charge is -2.19. The Bertz CT molecular complexity index is 371. The zero-order valence-corrected chi connectivity index (χ0v) is 12.2. The molecular formula is C15H22OS. The van der Waals surface area contributed by atoms with Crippen LogP contribution in [0.3, 0.4) is 0 Å². The van der Waals surface area contributed by atoms with Crippen molar-refractivity contribution in [1.82, 2.24) is 0 Å². The smallest absolute Gasteiger partial charge is 0.145 e. The van der Waals surface area contributed by atoms with E-state index in [4.69, 9.17) is 0 Å². The second-order valence-electron chi connectivity index (χ2n) is 5.68. The molecule has 0 aliphatic heterocycles. The maximum absolute atomic E-state index is 11.5. The Kier molecular flexibility index (Phi) is 4.81. The molecular weight excluding hydrogens is 228 g/mol. The van der Waals surface area contributed by atoms with E-state index in [9.17, 15) is 4.79 Å². The van der Waals surface area contributed by atoms with E-state index in [1.165, 1.54) is 10.5 Å². The molecule has 1 aromatic rings. The molecule has 0 aromatic heterocycles. The van der Waals surface area contributed by atoms with Crippen molar-refractivity contribution in [2.45, 2.75) is 44.9 Å². The van der Waals surface area contributed by atoms with Crippen LogP contribution < -0.4 is 0 Å². The summed E-state index contributed by atoms with van der Waals surface area (Å²) in [5.74, 6) is 1.03. The van der Waals surface area contributed by atoms with Crippen molar-refractivity contribution in [2.75, 3.05) is 5.75 Å². The first-order valence-electron chi connectivity index (χ1n) is 6.07. The van der Waals surface area contributed by atoms with Crippen molar-refractivity contribution in [2.24, 2.45) is 5.92 Å². The molecule has 0 fully saturated rings. The molecule has 1 rings (SSSR count). The zero-order valence-electron chi connectivity index (χ0n) is 11.4. The van der Waals surface area contributed by atoms with E-state index in [0.29, 0.717) is 11.5 Å². The van der Waals surface area contributed by atoms with Gasteiger partial charge in [-0.3, -0.25) is 4.79 Å². The maximum Gasteiger partial charge on any atom is 0.145 e. The number of hydrogen-bond acceptors (Lipinski definition) is 2. The van der Waals surface area contributed by atoms with E-state index in [1.807, 2.05) is 13.8 Å². The van der Waals surface area contributed by atoms with Crippen LogP contribution >= 0.6 is 11.8 Å². The molecule has 0 aliphatic carbocycles. The van der Waals surface area contributed by atoms with Crippen LogP contribution in [-0.2, 0) is 10.2 Å². The van der Waals surface area contributed by atoms with Gasteiger partial charge in [0.15, 0.2) is 0 Å². The maximum atomic E-state index is 11.5. The number of carbonyl (C=O) groups is 1. The molecule has 0 saturated carbocycles. The Labute approximate surface area is 109 Å². The van der Waals surface area contributed by atoms with E-state index in [1.54, 1.807) is 11.8 Å². The molecule has 0 bridgehead atoms. The average Bonchev–Trinajstić information content (AvgIpc) is 2.25. The van der Waals surface area contributed by atoms with Gasteiger partial charge in [0.1, 0.15) is 5.78 Å². The number of carbonyl (C=O) groups excluding carboxylic acids is 1. The van der Waals surface area contributed by atoms with Gasteiger partial charge in [-0.05, 0) is 23.1 Å². The lowest BCUT2D eigenvalue weighted by molar-refractivity contribution is -0.119. The van der Waals surface area contributed by atoms with Gasteiger partial charge < -0.3 is 0 Å². The third-order valence-corrected chi connectivity index (χ3v) is 3.78. The van der Waals surface area contributed by atoms with Gasteiger partial charge in [0.05, 0.1) is 5.75 Å². The van der Waals surface area contributed by atoms with Crippen LogP contribution in [0.15, 0.2) is 29.2 Å². The number of ketones is 1. The molecule has 0 amide bonds. The van der Waals surface area contributed by atoms with Crippen LogP contribution in [0.4, 0.5) is 0 Å². The number of hydrogen-bond donors (Lipinski definition) is 0. The third-order valence-electron chi connectivity index (χ3n) is 2.75. The molecule has 1 aromatic carbocycles. The fourth-order valence-corrected chi connectivity index (χ4v) is 2.34. The minimum absolute atomic E-state index is 0.136.